The molecule has 20 heavy (non-hydrogen) atoms. The molecular weight excluding hydrogens is 276 g/mol. The third kappa shape index (κ3) is 2.45. The highest BCUT2D eigenvalue weighted by molar-refractivity contribution is 8.00. The van der Waals surface area contributed by atoms with Crippen LogP contribution in [0.5, 0.6) is 0 Å². The lowest BCUT2D eigenvalue weighted by atomic mass is 9.89. The number of nitrogens with one attached hydrogen (secondary N) is 2. The third-order valence-corrected chi connectivity index (χ3v) is 6.43. The molecule has 0 aromatic heterocycles. The van der Waals surface area contributed by atoms with Gasteiger partial charge in [0.1, 0.15) is 11.6 Å². The van der Waals surface area contributed by atoms with Crippen LogP contribution in [0.4, 0.5) is 4.79 Å². The van der Waals surface area contributed by atoms with Crippen molar-refractivity contribution >= 4 is 29.4 Å². The fourth-order valence-corrected chi connectivity index (χ4v) is 5.19. The Morgan fingerprint density at radius 2 is 1.90 bits per heavy atom. The van der Waals surface area contributed by atoms with Gasteiger partial charge in [0.05, 0.1) is 18.0 Å². The van der Waals surface area contributed by atoms with E-state index in [1.54, 1.807) is 0 Å². The van der Waals surface area contributed by atoms with E-state index in [-0.39, 0.29) is 35.6 Å². The van der Waals surface area contributed by atoms with Crippen molar-refractivity contribution in [3.05, 3.63) is 0 Å². The third-order valence-electron chi connectivity index (χ3n) is 4.74. The van der Waals surface area contributed by atoms with Crippen molar-refractivity contribution in [2.24, 2.45) is 11.8 Å². The molecule has 2 N–H and O–H groups in total. The van der Waals surface area contributed by atoms with Crippen molar-refractivity contribution in [3.8, 4) is 0 Å². The second kappa shape index (κ2) is 5.39. The van der Waals surface area contributed by atoms with Crippen LogP contribution in [-0.4, -0.2) is 40.7 Å². The molecule has 6 heteroatoms. The van der Waals surface area contributed by atoms with E-state index in [0.29, 0.717) is 30.4 Å². The van der Waals surface area contributed by atoms with E-state index >= 15 is 0 Å². The number of ketones is 2. The van der Waals surface area contributed by atoms with Crippen molar-refractivity contribution in [2.45, 2.75) is 49.9 Å². The summed E-state index contributed by atoms with van der Waals surface area (Å²) >= 11 is 1.88. The first kappa shape index (κ1) is 13.9. The largest absolute Gasteiger partial charge is 0.332 e. The summed E-state index contributed by atoms with van der Waals surface area (Å²) in [6, 6.07) is 0.353. The molecule has 0 bridgehead atoms. The molecule has 0 aromatic carbocycles. The normalized spacial score (nSPS) is 35.0. The molecule has 2 aliphatic heterocycles. The minimum atomic E-state index is -0.351. The van der Waals surface area contributed by atoms with Crippen molar-refractivity contribution < 1.29 is 14.4 Å². The van der Waals surface area contributed by atoms with Crippen LogP contribution in [0.25, 0.3) is 0 Å². The first-order valence-corrected chi connectivity index (χ1v) is 8.35. The number of carbonyl (C=O) groups excluding carboxylic acids is 3. The standard InChI is InChI=1S/C14H20N2O3S/c1-7(2-3-8-10(17)4-5-11(8)18)13-12-9(6-20-13)15-14(19)16-12/h7-9,12-13H,2-6H2,1H3,(H2,15,16,19). The minimum absolute atomic E-state index is 0.0707. The molecule has 0 aromatic rings. The summed E-state index contributed by atoms with van der Waals surface area (Å²) in [5.41, 5.74) is 0. The zero-order valence-electron chi connectivity index (χ0n) is 11.6. The Kier molecular flexibility index (Phi) is 3.75. The molecule has 4 atom stereocenters. The number of hydrogen-bond donors (Lipinski definition) is 2. The van der Waals surface area contributed by atoms with Crippen LogP contribution in [0.15, 0.2) is 0 Å². The summed E-state index contributed by atoms with van der Waals surface area (Å²) in [6.07, 6.45) is 2.41. The second-order valence-electron chi connectivity index (χ2n) is 6.09. The van der Waals surface area contributed by atoms with Gasteiger partial charge in [-0.1, -0.05) is 6.92 Å². The van der Waals surface area contributed by atoms with E-state index in [1.165, 1.54) is 0 Å². The average Bonchev–Trinajstić information content (AvgIpc) is 3.02. The fourth-order valence-electron chi connectivity index (χ4n) is 3.54. The number of amides is 2. The highest BCUT2D eigenvalue weighted by Gasteiger charge is 2.45. The summed E-state index contributed by atoms with van der Waals surface area (Å²) in [6.45, 7) is 2.16. The Morgan fingerprint density at radius 1 is 1.20 bits per heavy atom. The Bertz CT molecular complexity index is 438. The van der Waals surface area contributed by atoms with Gasteiger partial charge in [0.25, 0.3) is 0 Å². The van der Waals surface area contributed by atoms with Crippen LogP contribution < -0.4 is 10.6 Å². The lowest BCUT2D eigenvalue weighted by molar-refractivity contribution is -0.127. The fraction of sp³-hybridized carbons (Fsp3) is 0.786. The number of fused-ring (bicyclic) bond motifs is 1. The van der Waals surface area contributed by atoms with E-state index < -0.39 is 0 Å². The van der Waals surface area contributed by atoms with Gasteiger partial charge in [0.15, 0.2) is 0 Å². The lowest BCUT2D eigenvalue weighted by Gasteiger charge is -2.24. The van der Waals surface area contributed by atoms with Gasteiger partial charge in [-0.25, -0.2) is 4.79 Å². The van der Waals surface area contributed by atoms with Gasteiger partial charge in [-0.05, 0) is 18.8 Å². The van der Waals surface area contributed by atoms with E-state index in [9.17, 15) is 14.4 Å². The molecule has 2 amide bonds. The van der Waals surface area contributed by atoms with E-state index in [4.69, 9.17) is 0 Å². The first-order valence-electron chi connectivity index (χ1n) is 7.30. The van der Waals surface area contributed by atoms with Crippen LogP contribution in [-0.2, 0) is 9.59 Å². The molecule has 0 radical (unpaired) electrons. The highest BCUT2D eigenvalue weighted by atomic mass is 32.2. The number of urea groups is 1. The molecule has 4 unspecified atom stereocenters. The Balaban J connectivity index is 1.54. The summed E-state index contributed by atoms with van der Waals surface area (Å²) in [5.74, 6) is 1.23. The van der Waals surface area contributed by atoms with Gasteiger partial charge >= 0.3 is 6.03 Å². The van der Waals surface area contributed by atoms with E-state index in [2.05, 4.69) is 17.6 Å². The predicted octanol–water partition coefficient (Wildman–Crippen LogP) is 1.12. The molecule has 3 aliphatic rings. The second-order valence-corrected chi connectivity index (χ2v) is 7.30. The molecule has 2 heterocycles. The van der Waals surface area contributed by atoms with Crippen molar-refractivity contribution in [3.63, 3.8) is 0 Å². The van der Waals surface area contributed by atoms with Crippen LogP contribution in [0.2, 0.25) is 0 Å². The molecule has 1 saturated carbocycles. The van der Waals surface area contributed by atoms with Gasteiger partial charge < -0.3 is 10.6 Å². The number of carbonyl (C=O) groups is 3. The molecular formula is C14H20N2O3S. The Morgan fingerprint density at radius 3 is 2.60 bits per heavy atom. The number of hydrogen-bond acceptors (Lipinski definition) is 4. The maximum absolute atomic E-state index is 11.7. The maximum Gasteiger partial charge on any atom is 0.315 e. The minimum Gasteiger partial charge on any atom is -0.332 e. The Hall–Kier alpha value is -1.04. The highest BCUT2D eigenvalue weighted by Crippen LogP contribution is 2.37. The van der Waals surface area contributed by atoms with Gasteiger partial charge in [0, 0.05) is 23.8 Å². The summed E-state index contributed by atoms with van der Waals surface area (Å²) in [4.78, 5) is 34.7. The average molecular weight is 296 g/mol. The number of Topliss-reactive ketones (excluding diaryl/α,β-unsaturated/α-hetero) is 2. The summed E-state index contributed by atoms with van der Waals surface area (Å²) in [7, 11) is 0. The molecule has 0 spiro atoms. The van der Waals surface area contributed by atoms with Gasteiger partial charge in [-0.2, -0.15) is 11.8 Å². The molecule has 3 rings (SSSR count). The van der Waals surface area contributed by atoms with Gasteiger partial charge in [-0.3, -0.25) is 9.59 Å². The van der Waals surface area contributed by atoms with E-state index in [0.717, 1.165) is 12.2 Å². The Labute approximate surface area is 122 Å². The zero-order chi connectivity index (χ0) is 14.3. The molecule has 2 saturated heterocycles. The van der Waals surface area contributed by atoms with Crippen LogP contribution in [0.3, 0.4) is 0 Å². The molecule has 5 nitrogen and oxygen atoms in total. The van der Waals surface area contributed by atoms with Crippen LogP contribution >= 0.6 is 11.8 Å². The van der Waals surface area contributed by atoms with Crippen molar-refractivity contribution in [1.29, 1.82) is 0 Å². The lowest BCUT2D eigenvalue weighted by Crippen LogP contribution is -2.40. The predicted molar refractivity (Wildman–Crippen MR) is 76.6 cm³/mol. The molecule has 3 fully saturated rings. The smallest absolute Gasteiger partial charge is 0.315 e. The van der Waals surface area contributed by atoms with Gasteiger partial charge in [0.2, 0.25) is 0 Å². The zero-order valence-corrected chi connectivity index (χ0v) is 12.4. The van der Waals surface area contributed by atoms with Crippen LogP contribution in [0.1, 0.15) is 32.6 Å². The maximum atomic E-state index is 11.7. The quantitative estimate of drug-likeness (QED) is 0.602. The summed E-state index contributed by atoms with van der Waals surface area (Å²) in [5, 5.41) is 6.30. The number of rotatable bonds is 4. The van der Waals surface area contributed by atoms with Crippen LogP contribution in [0, 0.1) is 11.8 Å². The monoisotopic (exact) mass is 296 g/mol. The number of thioether (sulfide) groups is 1. The van der Waals surface area contributed by atoms with Gasteiger partial charge in [-0.15, -0.1) is 0 Å². The van der Waals surface area contributed by atoms with Crippen molar-refractivity contribution in [1.82, 2.24) is 10.6 Å². The SMILES string of the molecule is CC(CCC1C(=O)CCC1=O)C1SCC2NC(=O)NC21. The topological polar surface area (TPSA) is 75.3 Å². The molecule has 1 aliphatic carbocycles. The van der Waals surface area contributed by atoms with E-state index in [1.807, 2.05) is 11.8 Å². The molecule has 110 valence electrons. The van der Waals surface area contributed by atoms with Crippen molar-refractivity contribution in [2.75, 3.05) is 5.75 Å². The summed E-state index contributed by atoms with van der Waals surface area (Å²) < 4.78 is 0. The first-order chi connectivity index (χ1) is 9.56.